The number of benzene rings is 3. The van der Waals surface area contributed by atoms with Crippen LogP contribution >= 0.6 is 0 Å². The lowest BCUT2D eigenvalue weighted by Crippen LogP contribution is -2.14. The summed E-state index contributed by atoms with van der Waals surface area (Å²) in [6.07, 6.45) is 3.75. The zero-order chi connectivity index (χ0) is 28.0. The van der Waals surface area contributed by atoms with Gasteiger partial charge in [-0.2, -0.15) is 0 Å². The van der Waals surface area contributed by atoms with Gasteiger partial charge >= 0.3 is 5.97 Å². The van der Waals surface area contributed by atoms with Gasteiger partial charge in [-0.15, -0.1) is 0 Å². The first kappa shape index (κ1) is 29.8. The number of para-hydroxylation sites is 1. The first-order chi connectivity index (χ1) is 18.9. The van der Waals surface area contributed by atoms with Crippen molar-refractivity contribution in [2.75, 3.05) is 18.5 Å². The lowest BCUT2D eigenvalue weighted by atomic mass is 9.99. The number of amides is 1. The molecule has 0 aromatic heterocycles. The Balaban J connectivity index is 1.59. The second kappa shape index (κ2) is 15.6. The second-order valence-corrected chi connectivity index (χ2v) is 9.97. The Kier molecular flexibility index (Phi) is 11.9. The predicted molar refractivity (Wildman–Crippen MR) is 155 cm³/mol. The molecule has 6 nitrogen and oxygen atoms in total. The van der Waals surface area contributed by atoms with E-state index in [0.717, 1.165) is 25.0 Å². The van der Waals surface area contributed by atoms with Gasteiger partial charge in [-0.1, -0.05) is 63.6 Å². The largest absolute Gasteiger partial charge is 0.493 e. The number of nitrogens with one attached hydrogen (secondary N) is 1. The lowest BCUT2D eigenvalue weighted by Gasteiger charge is -2.20. The molecule has 0 aliphatic rings. The molecule has 0 saturated heterocycles. The topological polar surface area (TPSA) is 73.9 Å². The molecule has 1 amide bonds. The van der Waals surface area contributed by atoms with E-state index in [1.165, 1.54) is 11.1 Å². The number of ether oxygens (including phenoxy) is 3. The fourth-order valence-electron chi connectivity index (χ4n) is 4.29. The summed E-state index contributed by atoms with van der Waals surface area (Å²) in [7, 11) is 0. The highest BCUT2D eigenvalue weighted by Gasteiger charge is 2.15. The molecule has 0 heterocycles. The first-order valence-corrected chi connectivity index (χ1v) is 13.9. The SMILES string of the molecule is CCCC(Oc1ccc(NC(=O)c2ccccc2OCCCC(=O)OCC)cc1)c1ccc(CC(C)C)cc1. The maximum absolute atomic E-state index is 13.0. The second-order valence-electron chi connectivity index (χ2n) is 9.97. The Morgan fingerprint density at radius 2 is 1.62 bits per heavy atom. The van der Waals surface area contributed by atoms with E-state index in [1.54, 1.807) is 25.1 Å². The number of anilines is 1. The lowest BCUT2D eigenvalue weighted by molar-refractivity contribution is -0.143. The quantitative estimate of drug-likeness (QED) is 0.160. The summed E-state index contributed by atoms with van der Waals surface area (Å²) < 4.78 is 17.1. The number of rotatable bonds is 15. The van der Waals surface area contributed by atoms with Gasteiger partial charge < -0.3 is 19.5 Å². The van der Waals surface area contributed by atoms with E-state index in [1.807, 2.05) is 30.3 Å². The van der Waals surface area contributed by atoms with Crippen molar-refractivity contribution in [3.63, 3.8) is 0 Å². The van der Waals surface area contributed by atoms with Crippen LogP contribution in [0.1, 0.15) is 81.0 Å². The standard InChI is InChI=1S/C33H41NO5/c1-5-10-30(26-16-14-25(15-17-26)23-24(3)4)39-28-20-18-27(19-21-28)34-33(36)29-11-7-8-12-31(29)38-22-9-13-32(35)37-6-2/h7-8,11-12,14-21,24,30H,5-6,9-10,13,22-23H2,1-4H3,(H,34,36). The van der Waals surface area contributed by atoms with E-state index in [0.29, 0.717) is 42.6 Å². The molecular formula is C33H41NO5. The number of carbonyl (C=O) groups is 2. The minimum Gasteiger partial charge on any atom is -0.493 e. The maximum atomic E-state index is 13.0. The Hall–Kier alpha value is -3.80. The third-order valence-electron chi connectivity index (χ3n) is 6.16. The van der Waals surface area contributed by atoms with Crippen LogP contribution in [-0.4, -0.2) is 25.1 Å². The molecule has 1 unspecified atom stereocenters. The molecule has 0 saturated carbocycles. The van der Waals surface area contributed by atoms with E-state index in [-0.39, 0.29) is 24.4 Å². The molecule has 3 aromatic rings. The van der Waals surface area contributed by atoms with Gasteiger partial charge in [0.05, 0.1) is 18.8 Å². The number of carbonyl (C=O) groups excluding carboxylic acids is 2. The Morgan fingerprint density at radius 3 is 2.28 bits per heavy atom. The van der Waals surface area contributed by atoms with Crippen LogP contribution in [0.5, 0.6) is 11.5 Å². The minimum absolute atomic E-state index is 0.0311. The van der Waals surface area contributed by atoms with Gasteiger partial charge in [0, 0.05) is 12.1 Å². The van der Waals surface area contributed by atoms with Crippen molar-refractivity contribution in [1.82, 2.24) is 0 Å². The van der Waals surface area contributed by atoms with Gasteiger partial charge in [-0.05, 0) is 79.6 Å². The summed E-state index contributed by atoms with van der Waals surface area (Å²) in [5, 5.41) is 2.93. The van der Waals surface area contributed by atoms with E-state index in [4.69, 9.17) is 14.2 Å². The summed E-state index contributed by atoms with van der Waals surface area (Å²) in [5.74, 6) is 1.33. The molecule has 1 atom stereocenters. The zero-order valence-corrected chi connectivity index (χ0v) is 23.6. The summed E-state index contributed by atoms with van der Waals surface area (Å²) in [6, 6.07) is 23.2. The van der Waals surface area contributed by atoms with Crippen molar-refractivity contribution in [1.29, 1.82) is 0 Å². The van der Waals surface area contributed by atoms with Crippen LogP contribution in [0.2, 0.25) is 0 Å². The highest BCUT2D eigenvalue weighted by molar-refractivity contribution is 6.06. The zero-order valence-electron chi connectivity index (χ0n) is 23.6. The van der Waals surface area contributed by atoms with Crippen LogP contribution in [0.15, 0.2) is 72.8 Å². The molecule has 3 rings (SSSR count). The molecule has 0 aliphatic heterocycles. The fraction of sp³-hybridized carbons (Fsp3) is 0.394. The predicted octanol–water partition coefficient (Wildman–Crippen LogP) is 7.78. The molecule has 1 N–H and O–H groups in total. The third-order valence-corrected chi connectivity index (χ3v) is 6.16. The summed E-state index contributed by atoms with van der Waals surface area (Å²) >= 11 is 0. The van der Waals surface area contributed by atoms with Gasteiger partial charge in [-0.3, -0.25) is 9.59 Å². The van der Waals surface area contributed by atoms with Crippen LogP contribution < -0.4 is 14.8 Å². The summed E-state index contributed by atoms with van der Waals surface area (Å²) in [4.78, 5) is 24.5. The molecule has 0 aliphatic carbocycles. The molecule has 39 heavy (non-hydrogen) atoms. The van der Waals surface area contributed by atoms with Crippen LogP contribution in [0.4, 0.5) is 5.69 Å². The van der Waals surface area contributed by atoms with E-state index < -0.39 is 0 Å². The van der Waals surface area contributed by atoms with Crippen LogP contribution in [-0.2, 0) is 16.0 Å². The van der Waals surface area contributed by atoms with Crippen LogP contribution in [0.3, 0.4) is 0 Å². The van der Waals surface area contributed by atoms with Crippen molar-refractivity contribution < 1.29 is 23.8 Å². The van der Waals surface area contributed by atoms with Gasteiger partial charge in [0.15, 0.2) is 0 Å². The van der Waals surface area contributed by atoms with Crippen molar-refractivity contribution in [3.05, 3.63) is 89.5 Å². The van der Waals surface area contributed by atoms with Crippen molar-refractivity contribution in [2.24, 2.45) is 5.92 Å². The normalized spacial score (nSPS) is 11.6. The highest BCUT2D eigenvalue weighted by Crippen LogP contribution is 2.28. The van der Waals surface area contributed by atoms with E-state index >= 15 is 0 Å². The number of hydrogen-bond donors (Lipinski definition) is 1. The van der Waals surface area contributed by atoms with E-state index in [2.05, 4.69) is 50.4 Å². The summed E-state index contributed by atoms with van der Waals surface area (Å²) in [5.41, 5.74) is 3.60. The maximum Gasteiger partial charge on any atom is 0.305 e. The molecular weight excluding hydrogens is 490 g/mol. The van der Waals surface area contributed by atoms with Crippen molar-refractivity contribution >= 4 is 17.6 Å². The summed E-state index contributed by atoms with van der Waals surface area (Å²) in [6.45, 7) is 9.07. The highest BCUT2D eigenvalue weighted by atomic mass is 16.5. The Labute approximate surface area is 232 Å². The average molecular weight is 532 g/mol. The van der Waals surface area contributed by atoms with Crippen LogP contribution in [0, 0.1) is 5.92 Å². The molecule has 3 aromatic carbocycles. The fourth-order valence-corrected chi connectivity index (χ4v) is 4.29. The molecule has 208 valence electrons. The smallest absolute Gasteiger partial charge is 0.305 e. The van der Waals surface area contributed by atoms with Gasteiger partial charge in [0.1, 0.15) is 17.6 Å². The molecule has 0 spiro atoms. The first-order valence-electron chi connectivity index (χ1n) is 13.9. The van der Waals surface area contributed by atoms with Crippen molar-refractivity contribution in [3.8, 4) is 11.5 Å². The molecule has 0 fully saturated rings. The van der Waals surface area contributed by atoms with Crippen molar-refractivity contribution in [2.45, 2.75) is 65.9 Å². The van der Waals surface area contributed by atoms with E-state index in [9.17, 15) is 9.59 Å². The van der Waals surface area contributed by atoms with Crippen LogP contribution in [0.25, 0.3) is 0 Å². The minimum atomic E-state index is -0.269. The molecule has 0 radical (unpaired) electrons. The van der Waals surface area contributed by atoms with Gasteiger partial charge in [0.2, 0.25) is 0 Å². The molecule has 0 bridgehead atoms. The van der Waals surface area contributed by atoms with Gasteiger partial charge in [0.25, 0.3) is 5.91 Å². The molecule has 6 heteroatoms. The number of esters is 1. The monoisotopic (exact) mass is 531 g/mol. The number of hydrogen-bond acceptors (Lipinski definition) is 5. The third kappa shape index (κ3) is 9.78. The Morgan fingerprint density at radius 1 is 0.897 bits per heavy atom. The van der Waals surface area contributed by atoms with Gasteiger partial charge in [-0.25, -0.2) is 0 Å². The Bertz CT molecular complexity index is 1170. The average Bonchev–Trinajstić information content (AvgIpc) is 2.92.